The lowest BCUT2D eigenvalue weighted by Gasteiger charge is -2.29. The van der Waals surface area contributed by atoms with Gasteiger partial charge in [-0.15, -0.1) is 0 Å². The Kier molecular flexibility index (Phi) is 6.62. The lowest BCUT2D eigenvalue weighted by atomic mass is 9.83. The summed E-state index contributed by atoms with van der Waals surface area (Å²) in [5, 5.41) is 3.53. The van der Waals surface area contributed by atoms with Crippen molar-refractivity contribution in [1.29, 1.82) is 0 Å². The van der Waals surface area contributed by atoms with E-state index in [1.165, 1.54) is 51.0 Å². The molecule has 1 saturated carbocycles. The highest BCUT2D eigenvalue weighted by molar-refractivity contribution is 5.19. The summed E-state index contributed by atoms with van der Waals surface area (Å²) in [6, 6.07) is 4.25. The zero-order valence-corrected chi connectivity index (χ0v) is 13.0. The van der Waals surface area contributed by atoms with Crippen LogP contribution in [-0.2, 0) is 6.42 Å². The molecule has 0 aromatic heterocycles. The number of nitrogens with one attached hydrogen (secondary N) is 1. The Hall–Kier alpha value is -0.960. The molecule has 1 N–H and O–H groups in total. The smallest absolute Gasteiger partial charge is 0.129 e. The second-order valence-corrected chi connectivity index (χ2v) is 6.21. The number of halogens is 2. The van der Waals surface area contributed by atoms with Gasteiger partial charge < -0.3 is 5.32 Å². The van der Waals surface area contributed by atoms with Crippen LogP contribution < -0.4 is 5.32 Å². The molecule has 1 aromatic carbocycles. The van der Waals surface area contributed by atoms with E-state index in [1.54, 1.807) is 6.07 Å². The third kappa shape index (κ3) is 5.06. The number of likely N-dealkylation sites (N-methyl/N-ethyl adjacent to an activating group) is 1. The Bertz CT molecular complexity index is 425. The summed E-state index contributed by atoms with van der Waals surface area (Å²) >= 11 is 0. The van der Waals surface area contributed by atoms with Gasteiger partial charge in [0.25, 0.3) is 0 Å². The fourth-order valence-corrected chi connectivity index (χ4v) is 3.48. The van der Waals surface area contributed by atoms with E-state index >= 15 is 0 Å². The van der Waals surface area contributed by atoms with Crippen LogP contribution in [0, 0.1) is 17.6 Å². The van der Waals surface area contributed by atoms with Crippen LogP contribution in [0.4, 0.5) is 8.78 Å². The SMILES string of the molecule is CCNC(Cc1ccc(F)cc1F)C1CCCCCCC1. The third-order valence-electron chi connectivity index (χ3n) is 4.64. The van der Waals surface area contributed by atoms with Crippen molar-refractivity contribution in [1.82, 2.24) is 5.32 Å². The maximum atomic E-state index is 13.9. The summed E-state index contributed by atoms with van der Waals surface area (Å²) in [4.78, 5) is 0. The summed E-state index contributed by atoms with van der Waals surface area (Å²) < 4.78 is 26.9. The highest BCUT2D eigenvalue weighted by atomic mass is 19.1. The molecule has 0 spiro atoms. The maximum Gasteiger partial charge on any atom is 0.129 e. The molecule has 0 radical (unpaired) electrons. The molecule has 0 bridgehead atoms. The van der Waals surface area contributed by atoms with Gasteiger partial charge in [0.1, 0.15) is 11.6 Å². The van der Waals surface area contributed by atoms with Crippen molar-refractivity contribution in [3.05, 3.63) is 35.4 Å². The van der Waals surface area contributed by atoms with Crippen LogP contribution in [0.2, 0.25) is 0 Å². The highest BCUT2D eigenvalue weighted by Crippen LogP contribution is 2.27. The Labute approximate surface area is 127 Å². The van der Waals surface area contributed by atoms with Gasteiger partial charge in [-0.05, 0) is 43.4 Å². The van der Waals surface area contributed by atoms with Crippen molar-refractivity contribution in [3.8, 4) is 0 Å². The summed E-state index contributed by atoms with van der Waals surface area (Å²) in [6.45, 7) is 2.99. The van der Waals surface area contributed by atoms with E-state index in [9.17, 15) is 8.78 Å². The Morgan fingerprint density at radius 2 is 1.76 bits per heavy atom. The van der Waals surface area contributed by atoms with E-state index in [0.717, 1.165) is 12.6 Å². The molecule has 1 unspecified atom stereocenters. The van der Waals surface area contributed by atoms with Crippen LogP contribution in [0.5, 0.6) is 0 Å². The predicted octanol–water partition coefficient (Wildman–Crippen LogP) is 4.85. The first-order chi connectivity index (χ1) is 10.2. The lowest BCUT2D eigenvalue weighted by molar-refractivity contribution is 0.284. The molecular weight excluding hydrogens is 268 g/mol. The Morgan fingerprint density at radius 1 is 1.10 bits per heavy atom. The zero-order chi connectivity index (χ0) is 15.1. The molecule has 1 atom stereocenters. The van der Waals surface area contributed by atoms with E-state index < -0.39 is 11.6 Å². The van der Waals surface area contributed by atoms with Crippen molar-refractivity contribution in [2.75, 3.05) is 6.54 Å². The topological polar surface area (TPSA) is 12.0 Å². The molecule has 1 aliphatic rings. The van der Waals surface area contributed by atoms with E-state index in [-0.39, 0.29) is 0 Å². The van der Waals surface area contributed by atoms with Crippen LogP contribution in [-0.4, -0.2) is 12.6 Å². The van der Waals surface area contributed by atoms with Gasteiger partial charge in [0.15, 0.2) is 0 Å². The molecule has 118 valence electrons. The van der Waals surface area contributed by atoms with E-state index in [2.05, 4.69) is 12.2 Å². The van der Waals surface area contributed by atoms with Crippen molar-refractivity contribution >= 4 is 0 Å². The molecule has 1 fully saturated rings. The number of benzene rings is 1. The largest absolute Gasteiger partial charge is 0.314 e. The highest BCUT2D eigenvalue weighted by Gasteiger charge is 2.22. The van der Waals surface area contributed by atoms with Gasteiger partial charge >= 0.3 is 0 Å². The van der Waals surface area contributed by atoms with Gasteiger partial charge in [-0.1, -0.05) is 45.1 Å². The van der Waals surface area contributed by atoms with Crippen LogP contribution in [0.1, 0.15) is 57.4 Å². The number of hydrogen-bond donors (Lipinski definition) is 1. The van der Waals surface area contributed by atoms with Gasteiger partial charge in [0.05, 0.1) is 0 Å². The maximum absolute atomic E-state index is 13.9. The monoisotopic (exact) mass is 295 g/mol. The van der Waals surface area contributed by atoms with E-state index in [0.29, 0.717) is 23.9 Å². The molecule has 1 aromatic rings. The fourth-order valence-electron chi connectivity index (χ4n) is 3.48. The van der Waals surface area contributed by atoms with Gasteiger partial charge in [0.2, 0.25) is 0 Å². The minimum atomic E-state index is -0.498. The fraction of sp³-hybridized carbons (Fsp3) is 0.667. The van der Waals surface area contributed by atoms with Gasteiger partial charge in [-0.25, -0.2) is 8.78 Å². The number of rotatable bonds is 5. The zero-order valence-electron chi connectivity index (χ0n) is 13.0. The molecule has 21 heavy (non-hydrogen) atoms. The second kappa shape index (κ2) is 8.47. The van der Waals surface area contributed by atoms with Crippen LogP contribution >= 0.6 is 0 Å². The first kappa shape index (κ1) is 16.4. The quantitative estimate of drug-likeness (QED) is 0.819. The van der Waals surface area contributed by atoms with Gasteiger partial charge in [0, 0.05) is 12.1 Å². The summed E-state index contributed by atoms with van der Waals surface area (Å²) in [5.41, 5.74) is 0.629. The van der Waals surface area contributed by atoms with Gasteiger partial charge in [-0.3, -0.25) is 0 Å². The lowest BCUT2D eigenvalue weighted by Crippen LogP contribution is -2.38. The molecule has 2 rings (SSSR count). The molecule has 0 heterocycles. The average molecular weight is 295 g/mol. The third-order valence-corrected chi connectivity index (χ3v) is 4.64. The van der Waals surface area contributed by atoms with Crippen molar-refractivity contribution in [3.63, 3.8) is 0 Å². The van der Waals surface area contributed by atoms with Crippen LogP contribution in [0.25, 0.3) is 0 Å². The average Bonchev–Trinajstić information content (AvgIpc) is 2.41. The van der Waals surface area contributed by atoms with E-state index in [1.807, 2.05) is 0 Å². The molecule has 1 nitrogen and oxygen atoms in total. The first-order valence-electron chi connectivity index (χ1n) is 8.38. The molecule has 3 heteroatoms. The minimum absolute atomic E-state index is 0.299. The molecule has 0 aliphatic heterocycles. The standard InChI is InChI=1S/C18H27F2N/c1-2-21-18(14-8-6-4-3-5-7-9-14)12-15-10-11-16(19)13-17(15)20/h10-11,13-14,18,21H,2-9,12H2,1H3. The molecule has 1 aliphatic carbocycles. The van der Waals surface area contributed by atoms with Gasteiger partial charge in [-0.2, -0.15) is 0 Å². The molecule has 0 saturated heterocycles. The first-order valence-corrected chi connectivity index (χ1v) is 8.38. The summed E-state index contributed by atoms with van der Waals surface area (Å²) in [5.74, 6) is -0.305. The second-order valence-electron chi connectivity index (χ2n) is 6.21. The van der Waals surface area contributed by atoms with Crippen molar-refractivity contribution < 1.29 is 8.78 Å². The normalized spacial score (nSPS) is 19.0. The molecule has 0 amide bonds. The van der Waals surface area contributed by atoms with E-state index in [4.69, 9.17) is 0 Å². The molecular formula is C18H27F2N. The van der Waals surface area contributed by atoms with Crippen LogP contribution in [0.3, 0.4) is 0 Å². The number of hydrogen-bond acceptors (Lipinski definition) is 1. The predicted molar refractivity (Wildman–Crippen MR) is 83.3 cm³/mol. The summed E-state index contributed by atoms with van der Waals surface area (Å²) in [7, 11) is 0. The van der Waals surface area contributed by atoms with Crippen molar-refractivity contribution in [2.24, 2.45) is 5.92 Å². The van der Waals surface area contributed by atoms with Crippen molar-refractivity contribution in [2.45, 2.75) is 64.3 Å². The minimum Gasteiger partial charge on any atom is -0.314 e. The Morgan fingerprint density at radius 3 is 2.38 bits per heavy atom. The summed E-state index contributed by atoms with van der Waals surface area (Å²) in [6.07, 6.45) is 9.65. The Balaban J connectivity index is 2.06. The van der Waals surface area contributed by atoms with Crippen LogP contribution in [0.15, 0.2) is 18.2 Å².